The molecule has 0 saturated carbocycles. The van der Waals surface area contributed by atoms with Crippen molar-refractivity contribution in [3.8, 4) is 0 Å². The van der Waals surface area contributed by atoms with Crippen LogP contribution in [0.1, 0.15) is 37.3 Å². The summed E-state index contributed by atoms with van der Waals surface area (Å²) in [4.78, 5) is 0. The molecular weight excluding hydrogens is 216 g/mol. The van der Waals surface area contributed by atoms with Crippen LogP contribution in [0, 0.1) is 0 Å². The second kappa shape index (κ2) is 6.20. The highest BCUT2D eigenvalue weighted by Crippen LogP contribution is 2.30. The zero-order valence-electron chi connectivity index (χ0n) is 11.1. The third-order valence-electron chi connectivity index (χ3n) is 3.42. The standard InChI is InChI=1S/C18H20/c1-3-15(2)14-18(16-10-6-4-7-11-16)17-12-8-5-9-13-17/h3-13,18H,14H2,1-2H3/b15-3+. The van der Waals surface area contributed by atoms with E-state index in [1.807, 2.05) is 0 Å². The van der Waals surface area contributed by atoms with Crippen LogP contribution < -0.4 is 0 Å². The van der Waals surface area contributed by atoms with Crippen LogP contribution >= 0.6 is 0 Å². The van der Waals surface area contributed by atoms with Crippen LogP contribution in [-0.2, 0) is 0 Å². The highest BCUT2D eigenvalue weighted by molar-refractivity contribution is 5.33. The van der Waals surface area contributed by atoms with Gasteiger partial charge in [-0.1, -0.05) is 72.3 Å². The van der Waals surface area contributed by atoms with E-state index in [0.29, 0.717) is 5.92 Å². The van der Waals surface area contributed by atoms with E-state index in [4.69, 9.17) is 0 Å². The van der Waals surface area contributed by atoms with Gasteiger partial charge in [0.25, 0.3) is 0 Å². The third kappa shape index (κ3) is 3.10. The highest BCUT2D eigenvalue weighted by atomic mass is 14.2. The van der Waals surface area contributed by atoms with Crippen LogP contribution in [0.25, 0.3) is 0 Å². The fourth-order valence-electron chi connectivity index (χ4n) is 2.24. The summed E-state index contributed by atoms with van der Waals surface area (Å²) in [6.45, 7) is 4.32. The molecule has 18 heavy (non-hydrogen) atoms. The molecule has 0 nitrogen and oxygen atoms in total. The molecule has 0 aliphatic carbocycles. The maximum atomic E-state index is 2.22. The third-order valence-corrected chi connectivity index (χ3v) is 3.42. The Bertz CT molecular complexity index is 455. The first-order chi connectivity index (χ1) is 8.81. The van der Waals surface area contributed by atoms with E-state index in [9.17, 15) is 0 Å². The Hall–Kier alpha value is -1.82. The van der Waals surface area contributed by atoms with Gasteiger partial charge in [0, 0.05) is 5.92 Å². The van der Waals surface area contributed by atoms with E-state index in [1.54, 1.807) is 0 Å². The lowest BCUT2D eigenvalue weighted by molar-refractivity contribution is 0.794. The van der Waals surface area contributed by atoms with Crippen LogP contribution in [0.3, 0.4) is 0 Å². The molecule has 0 radical (unpaired) electrons. The van der Waals surface area contributed by atoms with Gasteiger partial charge in [-0.15, -0.1) is 0 Å². The Morgan fingerprint density at radius 1 is 0.889 bits per heavy atom. The van der Waals surface area contributed by atoms with Crippen molar-refractivity contribution in [2.24, 2.45) is 0 Å². The minimum Gasteiger partial charge on any atom is -0.0887 e. The minimum atomic E-state index is 0.462. The second-order valence-electron chi connectivity index (χ2n) is 4.71. The van der Waals surface area contributed by atoms with Gasteiger partial charge in [-0.05, 0) is 31.4 Å². The number of hydrogen-bond acceptors (Lipinski definition) is 0. The predicted octanol–water partition coefficient (Wildman–Crippen LogP) is 5.17. The minimum absolute atomic E-state index is 0.462. The Labute approximate surface area is 110 Å². The zero-order chi connectivity index (χ0) is 12.8. The molecule has 0 N–H and O–H groups in total. The molecule has 0 aromatic heterocycles. The van der Waals surface area contributed by atoms with Crippen molar-refractivity contribution in [2.45, 2.75) is 26.2 Å². The molecule has 0 aliphatic heterocycles. The lowest BCUT2D eigenvalue weighted by Crippen LogP contribution is -2.01. The Kier molecular flexibility index (Phi) is 4.35. The summed E-state index contributed by atoms with van der Waals surface area (Å²) in [6.07, 6.45) is 3.30. The fourth-order valence-corrected chi connectivity index (χ4v) is 2.24. The summed E-state index contributed by atoms with van der Waals surface area (Å²) in [5.74, 6) is 0.462. The Morgan fingerprint density at radius 3 is 1.72 bits per heavy atom. The van der Waals surface area contributed by atoms with Gasteiger partial charge in [0.2, 0.25) is 0 Å². The van der Waals surface area contributed by atoms with Gasteiger partial charge in [-0.2, -0.15) is 0 Å². The summed E-state index contributed by atoms with van der Waals surface area (Å²) in [5, 5.41) is 0. The second-order valence-corrected chi connectivity index (χ2v) is 4.71. The zero-order valence-corrected chi connectivity index (χ0v) is 11.1. The van der Waals surface area contributed by atoms with Crippen molar-refractivity contribution >= 4 is 0 Å². The van der Waals surface area contributed by atoms with E-state index < -0.39 is 0 Å². The van der Waals surface area contributed by atoms with Crippen molar-refractivity contribution in [3.63, 3.8) is 0 Å². The molecule has 92 valence electrons. The molecule has 0 bridgehead atoms. The van der Waals surface area contributed by atoms with Gasteiger partial charge in [-0.25, -0.2) is 0 Å². The van der Waals surface area contributed by atoms with Crippen LogP contribution in [0.15, 0.2) is 72.3 Å². The summed E-state index contributed by atoms with van der Waals surface area (Å²) in [5.41, 5.74) is 4.22. The molecule has 0 aliphatic rings. The van der Waals surface area contributed by atoms with Crippen LogP contribution in [-0.4, -0.2) is 0 Å². The molecule has 2 aromatic rings. The first-order valence-corrected chi connectivity index (χ1v) is 6.53. The molecule has 0 amide bonds. The first kappa shape index (κ1) is 12.6. The van der Waals surface area contributed by atoms with Crippen LogP contribution in [0.4, 0.5) is 0 Å². The molecule has 0 heterocycles. The molecule has 0 saturated heterocycles. The first-order valence-electron chi connectivity index (χ1n) is 6.53. The van der Waals surface area contributed by atoms with Gasteiger partial charge in [0.15, 0.2) is 0 Å². The maximum absolute atomic E-state index is 2.22. The van der Waals surface area contributed by atoms with Gasteiger partial charge >= 0.3 is 0 Å². The summed E-state index contributed by atoms with van der Waals surface area (Å²) >= 11 is 0. The molecule has 0 spiro atoms. The lowest BCUT2D eigenvalue weighted by Gasteiger charge is -2.18. The summed E-state index contributed by atoms with van der Waals surface area (Å²) < 4.78 is 0. The van der Waals surface area contributed by atoms with Crippen molar-refractivity contribution in [3.05, 3.63) is 83.4 Å². The normalized spacial score (nSPS) is 11.8. The van der Waals surface area contributed by atoms with Gasteiger partial charge in [0.05, 0.1) is 0 Å². The fraction of sp³-hybridized carbons (Fsp3) is 0.222. The molecule has 0 heteroatoms. The van der Waals surface area contributed by atoms with Crippen molar-refractivity contribution in [1.29, 1.82) is 0 Å². The molecule has 2 aromatic carbocycles. The largest absolute Gasteiger partial charge is 0.0887 e. The highest BCUT2D eigenvalue weighted by Gasteiger charge is 2.13. The van der Waals surface area contributed by atoms with E-state index in [-0.39, 0.29) is 0 Å². The molecule has 0 unspecified atom stereocenters. The van der Waals surface area contributed by atoms with E-state index in [0.717, 1.165) is 6.42 Å². The number of hydrogen-bond donors (Lipinski definition) is 0. The Morgan fingerprint density at radius 2 is 1.33 bits per heavy atom. The average molecular weight is 236 g/mol. The topological polar surface area (TPSA) is 0 Å². The molecule has 2 rings (SSSR count). The molecular formula is C18H20. The SMILES string of the molecule is C/C=C(\C)CC(c1ccccc1)c1ccccc1. The quantitative estimate of drug-likeness (QED) is 0.642. The smallest absolute Gasteiger partial charge is 0.0126 e. The van der Waals surface area contributed by atoms with Gasteiger partial charge in [-0.3, -0.25) is 0 Å². The number of benzene rings is 2. The van der Waals surface area contributed by atoms with E-state index >= 15 is 0 Å². The average Bonchev–Trinajstić information content (AvgIpc) is 2.46. The van der Waals surface area contributed by atoms with Crippen molar-refractivity contribution < 1.29 is 0 Å². The monoisotopic (exact) mass is 236 g/mol. The van der Waals surface area contributed by atoms with Gasteiger partial charge < -0.3 is 0 Å². The van der Waals surface area contributed by atoms with Crippen LogP contribution in [0.2, 0.25) is 0 Å². The van der Waals surface area contributed by atoms with E-state index in [1.165, 1.54) is 16.7 Å². The summed E-state index contributed by atoms with van der Waals surface area (Å²) in [6, 6.07) is 21.5. The number of allylic oxidation sites excluding steroid dienone is 2. The summed E-state index contributed by atoms with van der Waals surface area (Å²) in [7, 11) is 0. The van der Waals surface area contributed by atoms with Crippen molar-refractivity contribution in [1.82, 2.24) is 0 Å². The van der Waals surface area contributed by atoms with Crippen molar-refractivity contribution in [2.75, 3.05) is 0 Å². The number of rotatable bonds is 4. The van der Waals surface area contributed by atoms with Gasteiger partial charge in [0.1, 0.15) is 0 Å². The Balaban J connectivity index is 2.35. The van der Waals surface area contributed by atoms with Crippen LogP contribution in [0.5, 0.6) is 0 Å². The molecule has 0 atom stereocenters. The lowest BCUT2D eigenvalue weighted by atomic mass is 9.86. The predicted molar refractivity (Wildman–Crippen MR) is 78.8 cm³/mol. The molecule has 0 fully saturated rings. The maximum Gasteiger partial charge on any atom is 0.0126 e. The van der Waals surface area contributed by atoms with E-state index in [2.05, 4.69) is 80.6 Å².